The van der Waals surface area contributed by atoms with Gasteiger partial charge in [-0.15, -0.1) is 11.3 Å². The lowest BCUT2D eigenvalue weighted by molar-refractivity contribution is 0.670. The molecule has 4 heteroatoms. The van der Waals surface area contributed by atoms with Crippen LogP contribution in [0.15, 0.2) is 199 Å². The fourth-order valence-corrected chi connectivity index (χ4v) is 9.32. The number of aromatic nitrogens is 2. The van der Waals surface area contributed by atoms with Crippen molar-refractivity contribution >= 4 is 53.4 Å². The molecule has 0 saturated carbocycles. The zero-order valence-corrected chi connectivity index (χ0v) is 31.0. The van der Waals surface area contributed by atoms with E-state index in [0.717, 1.165) is 77.8 Å². The third kappa shape index (κ3) is 5.42. The molecule has 3 heterocycles. The van der Waals surface area contributed by atoms with Gasteiger partial charge in [0.1, 0.15) is 11.2 Å². The van der Waals surface area contributed by atoms with Gasteiger partial charge in [-0.1, -0.05) is 170 Å². The number of thiophene rings is 1. The number of hydrogen-bond donors (Lipinski definition) is 0. The van der Waals surface area contributed by atoms with Crippen molar-refractivity contribution in [3.05, 3.63) is 194 Å². The molecule has 11 aromatic rings. The third-order valence-electron chi connectivity index (χ3n) is 10.8. The first-order chi connectivity index (χ1) is 27.8. The first-order valence-electron chi connectivity index (χ1n) is 18.8. The largest absolute Gasteiger partial charge is 0.455 e. The van der Waals surface area contributed by atoms with Crippen molar-refractivity contribution in [2.24, 2.45) is 0 Å². The second-order valence-electron chi connectivity index (χ2n) is 14.1. The molecule has 262 valence electrons. The Kier molecular flexibility index (Phi) is 7.68. The molecule has 0 radical (unpaired) electrons. The molecule has 0 aliphatic heterocycles. The fourth-order valence-electron chi connectivity index (χ4n) is 8.09. The van der Waals surface area contributed by atoms with Crippen LogP contribution in [0.3, 0.4) is 0 Å². The van der Waals surface area contributed by atoms with Gasteiger partial charge in [0.15, 0.2) is 5.82 Å². The first kappa shape index (κ1) is 32.3. The van der Waals surface area contributed by atoms with E-state index in [2.05, 4.69) is 164 Å². The monoisotopic (exact) mass is 732 g/mol. The van der Waals surface area contributed by atoms with Crippen molar-refractivity contribution < 1.29 is 4.42 Å². The Morgan fingerprint density at radius 3 is 1.79 bits per heavy atom. The Morgan fingerprint density at radius 2 is 0.964 bits per heavy atom. The van der Waals surface area contributed by atoms with Gasteiger partial charge in [-0.05, 0) is 46.5 Å². The van der Waals surface area contributed by atoms with E-state index in [1.165, 1.54) is 25.7 Å². The topological polar surface area (TPSA) is 38.9 Å². The molecule has 0 N–H and O–H groups in total. The Balaban J connectivity index is 1.05. The Morgan fingerprint density at radius 1 is 0.375 bits per heavy atom. The van der Waals surface area contributed by atoms with Gasteiger partial charge in [-0.3, -0.25) is 0 Å². The second-order valence-corrected chi connectivity index (χ2v) is 15.1. The molecular formula is C52H32N2OS. The summed E-state index contributed by atoms with van der Waals surface area (Å²) < 4.78 is 9.32. The average Bonchev–Trinajstić information content (AvgIpc) is 3.86. The number of hydrogen-bond acceptors (Lipinski definition) is 4. The van der Waals surface area contributed by atoms with Gasteiger partial charge in [-0.2, -0.15) is 0 Å². The Labute approximate surface area is 327 Å². The van der Waals surface area contributed by atoms with E-state index in [0.29, 0.717) is 5.82 Å². The van der Waals surface area contributed by atoms with Gasteiger partial charge in [0, 0.05) is 58.8 Å². The molecule has 0 fully saturated rings. The van der Waals surface area contributed by atoms with Crippen LogP contribution in [0.25, 0.3) is 109 Å². The number of benzene rings is 8. The van der Waals surface area contributed by atoms with Crippen molar-refractivity contribution in [1.29, 1.82) is 0 Å². The molecule has 0 bridgehead atoms. The molecule has 56 heavy (non-hydrogen) atoms. The van der Waals surface area contributed by atoms with E-state index >= 15 is 0 Å². The van der Waals surface area contributed by atoms with Crippen molar-refractivity contribution in [1.82, 2.24) is 9.97 Å². The van der Waals surface area contributed by atoms with Crippen LogP contribution in [0.4, 0.5) is 0 Å². The number of furan rings is 1. The zero-order valence-electron chi connectivity index (χ0n) is 30.2. The fraction of sp³-hybridized carbons (Fsp3) is 0. The summed E-state index contributed by atoms with van der Waals surface area (Å²) in [4.78, 5) is 10.3. The van der Waals surface area contributed by atoms with Gasteiger partial charge < -0.3 is 4.42 Å². The zero-order chi connectivity index (χ0) is 37.0. The summed E-state index contributed by atoms with van der Waals surface area (Å²) in [5.74, 6) is 0.695. The van der Waals surface area contributed by atoms with Gasteiger partial charge in [0.05, 0.1) is 11.4 Å². The average molecular weight is 733 g/mol. The molecule has 3 aromatic heterocycles. The smallest absolute Gasteiger partial charge is 0.160 e. The van der Waals surface area contributed by atoms with Crippen molar-refractivity contribution in [3.8, 4) is 67.3 Å². The Bertz CT molecular complexity index is 3240. The second kappa shape index (κ2) is 13.3. The van der Waals surface area contributed by atoms with Crippen LogP contribution < -0.4 is 0 Å². The molecule has 0 unspecified atom stereocenters. The number of para-hydroxylation sites is 1. The number of nitrogens with zero attached hydrogens (tertiary/aromatic N) is 2. The minimum atomic E-state index is 0.695. The standard InChI is InChI=1S/C52H32N2OS/c1-3-14-33(15-4-1)37-18-7-8-19-39(37)46-32-45(53-52(54-46)36-16-5-2-6-17-36)35-28-26-34(27-29-35)38-30-31-41(50-49(38)44-21-9-11-24-47(44)55-50)43-23-13-22-42-40-20-10-12-25-48(40)56-51(42)43/h1-32H. The summed E-state index contributed by atoms with van der Waals surface area (Å²) in [5, 5.41) is 4.80. The molecule has 0 aliphatic carbocycles. The van der Waals surface area contributed by atoms with Crippen LogP contribution in [-0.4, -0.2) is 9.97 Å². The van der Waals surface area contributed by atoms with Gasteiger partial charge in [0.2, 0.25) is 0 Å². The van der Waals surface area contributed by atoms with E-state index < -0.39 is 0 Å². The maximum Gasteiger partial charge on any atom is 0.160 e. The van der Waals surface area contributed by atoms with Crippen molar-refractivity contribution in [2.45, 2.75) is 0 Å². The van der Waals surface area contributed by atoms with Crippen LogP contribution in [0, 0.1) is 0 Å². The van der Waals surface area contributed by atoms with Gasteiger partial charge in [0.25, 0.3) is 0 Å². The number of rotatable bonds is 6. The molecule has 11 rings (SSSR count). The molecule has 0 spiro atoms. The van der Waals surface area contributed by atoms with Crippen LogP contribution in [0.1, 0.15) is 0 Å². The van der Waals surface area contributed by atoms with E-state index in [9.17, 15) is 0 Å². The lowest BCUT2D eigenvalue weighted by atomic mass is 9.93. The molecule has 8 aromatic carbocycles. The number of fused-ring (bicyclic) bond motifs is 6. The van der Waals surface area contributed by atoms with E-state index in [-0.39, 0.29) is 0 Å². The van der Waals surface area contributed by atoms with E-state index in [4.69, 9.17) is 14.4 Å². The Hall–Kier alpha value is -7.14. The molecular weight excluding hydrogens is 701 g/mol. The highest BCUT2D eigenvalue weighted by atomic mass is 32.1. The molecule has 0 amide bonds. The van der Waals surface area contributed by atoms with Crippen molar-refractivity contribution in [3.63, 3.8) is 0 Å². The van der Waals surface area contributed by atoms with Crippen LogP contribution >= 0.6 is 11.3 Å². The highest BCUT2D eigenvalue weighted by Gasteiger charge is 2.20. The predicted molar refractivity (Wildman–Crippen MR) is 235 cm³/mol. The van der Waals surface area contributed by atoms with Gasteiger partial charge in [-0.25, -0.2) is 9.97 Å². The van der Waals surface area contributed by atoms with Crippen LogP contribution in [0.5, 0.6) is 0 Å². The minimum absolute atomic E-state index is 0.695. The lowest BCUT2D eigenvalue weighted by Gasteiger charge is -2.13. The molecule has 0 atom stereocenters. The van der Waals surface area contributed by atoms with Gasteiger partial charge >= 0.3 is 0 Å². The quantitative estimate of drug-likeness (QED) is 0.171. The summed E-state index contributed by atoms with van der Waals surface area (Å²) >= 11 is 1.85. The predicted octanol–water partition coefficient (Wildman–Crippen LogP) is 14.7. The first-order valence-corrected chi connectivity index (χ1v) is 19.6. The molecule has 0 saturated heterocycles. The third-order valence-corrected chi connectivity index (χ3v) is 12.0. The summed E-state index contributed by atoms with van der Waals surface area (Å²) in [6.07, 6.45) is 0. The van der Waals surface area contributed by atoms with Crippen LogP contribution in [-0.2, 0) is 0 Å². The van der Waals surface area contributed by atoms with Crippen molar-refractivity contribution in [2.75, 3.05) is 0 Å². The SMILES string of the molecule is c1ccc(-c2nc(-c3ccc(-c4ccc(-c5cccc6c5sc5ccccc56)c5oc6ccccc6c45)cc3)cc(-c3ccccc3-c3ccccc3)n2)cc1. The van der Waals surface area contributed by atoms with E-state index in [1.807, 2.05) is 41.7 Å². The van der Waals surface area contributed by atoms with E-state index in [1.54, 1.807) is 0 Å². The normalized spacial score (nSPS) is 11.6. The summed E-state index contributed by atoms with van der Waals surface area (Å²) in [6, 6.07) is 68.3. The minimum Gasteiger partial charge on any atom is -0.455 e. The lowest BCUT2D eigenvalue weighted by Crippen LogP contribution is -1.97. The summed E-state index contributed by atoms with van der Waals surface area (Å²) in [5.41, 5.74) is 13.4. The molecule has 0 aliphatic rings. The highest BCUT2D eigenvalue weighted by molar-refractivity contribution is 7.26. The highest BCUT2D eigenvalue weighted by Crippen LogP contribution is 2.46. The maximum absolute atomic E-state index is 6.76. The van der Waals surface area contributed by atoms with Crippen LogP contribution in [0.2, 0.25) is 0 Å². The summed E-state index contributed by atoms with van der Waals surface area (Å²) in [7, 11) is 0. The maximum atomic E-state index is 6.76. The summed E-state index contributed by atoms with van der Waals surface area (Å²) in [6.45, 7) is 0. The molecule has 3 nitrogen and oxygen atoms in total.